The molecule has 2 N–H and O–H groups in total. The number of nitrogens with one attached hydrogen (secondary N) is 2. The van der Waals surface area contributed by atoms with Crippen LogP contribution in [0.5, 0.6) is 0 Å². The smallest absolute Gasteiger partial charge is 0.234 e. The van der Waals surface area contributed by atoms with E-state index in [1.807, 2.05) is 18.2 Å². The second-order valence-electron chi connectivity index (χ2n) is 4.59. The van der Waals surface area contributed by atoms with Crippen LogP contribution in [0.1, 0.15) is 45.2 Å². The fourth-order valence-electron chi connectivity index (χ4n) is 1.88. The van der Waals surface area contributed by atoms with Gasteiger partial charge in [-0.25, -0.2) is 0 Å². The quantitative estimate of drug-likeness (QED) is 0.779. The number of carbonyl (C=O) groups excluding carboxylic acids is 1. The molecule has 0 bridgehead atoms. The summed E-state index contributed by atoms with van der Waals surface area (Å²) in [6.45, 7) is 6.62. The van der Waals surface area contributed by atoms with Crippen molar-refractivity contribution in [1.29, 1.82) is 0 Å². The van der Waals surface area contributed by atoms with Crippen LogP contribution in [0.2, 0.25) is 0 Å². The van der Waals surface area contributed by atoms with E-state index in [4.69, 9.17) is 0 Å². The summed E-state index contributed by atoms with van der Waals surface area (Å²) < 4.78 is 0. The molecule has 0 radical (unpaired) electrons. The van der Waals surface area contributed by atoms with E-state index in [0.717, 1.165) is 12.8 Å². The highest BCUT2D eigenvalue weighted by Gasteiger charge is 2.10. The van der Waals surface area contributed by atoms with E-state index < -0.39 is 0 Å². The molecule has 18 heavy (non-hydrogen) atoms. The minimum atomic E-state index is 0.0754. The maximum absolute atomic E-state index is 11.7. The third-order valence-corrected chi connectivity index (χ3v) is 3.22. The first-order valence-corrected chi connectivity index (χ1v) is 6.75. The van der Waals surface area contributed by atoms with Crippen LogP contribution in [0.4, 0.5) is 0 Å². The van der Waals surface area contributed by atoms with E-state index in [1.54, 1.807) is 0 Å². The van der Waals surface area contributed by atoms with Crippen molar-refractivity contribution in [2.45, 2.75) is 45.7 Å². The molecule has 1 rings (SSSR count). The minimum absolute atomic E-state index is 0.0754. The normalized spacial score (nSPS) is 12.4. The van der Waals surface area contributed by atoms with E-state index in [9.17, 15) is 4.79 Å². The number of hydrogen-bond donors (Lipinski definition) is 2. The predicted octanol–water partition coefficient (Wildman–Crippen LogP) is 2.64. The first-order valence-electron chi connectivity index (χ1n) is 6.75. The molecule has 0 spiro atoms. The Labute approximate surface area is 110 Å². The monoisotopic (exact) mass is 248 g/mol. The summed E-state index contributed by atoms with van der Waals surface area (Å²) in [6.07, 6.45) is 1.97. The molecule has 0 saturated carbocycles. The van der Waals surface area contributed by atoms with Gasteiger partial charge in [0.25, 0.3) is 0 Å². The van der Waals surface area contributed by atoms with E-state index in [2.05, 4.69) is 43.5 Å². The molecular formula is C15H24N2O. The number of carbonyl (C=O) groups is 1. The molecule has 0 aliphatic carbocycles. The highest BCUT2D eigenvalue weighted by molar-refractivity contribution is 5.78. The Morgan fingerprint density at radius 3 is 2.33 bits per heavy atom. The fourth-order valence-corrected chi connectivity index (χ4v) is 1.88. The summed E-state index contributed by atoms with van der Waals surface area (Å²) in [5, 5.41) is 6.26. The number of benzene rings is 1. The average molecular weight is 248 g/mol. The zero-order valence-electron chi connectivity index (χ0n) is 11.6. The zero-order chi connectivity index (χ0) is 13.4. The van der Waals surface area contributed by atoms with Gasteiger partial charge in [-0.1, -0.05) is 44.2 Å². The molecule has 0 aliphatic heterocycles. The summed E-state index contributed by atoms with van der Waals surface area (Å²) >= 11 is 0. The maximum atomic E-state index is 11.7. The lowest BCUT2D eigenvalue weighted by molar-refractivity contribution is -0.121. The molecule has 1 aromatic rings. The van der Waals surface area contributed by atoms with Crippen LogP contribution in [0.25, 0.3) is 0 Å². The lowest BCUT2D eigenvalue weighted by Crippen LogP contribution is -2.40. The van der Waals surface area contributed by atoms with Crippen molar-refractivity contribution in [2.24, 2.45) is 0 Å². The standard InChI is InChI=1S/C15H24N2O/c1-4-14(5-2)17-15(18)11-16-12(3)13-9-7-6-8-10-13/h6-10,12,14,16H,4-5,11H2,1-3H3,(H,17,18)/t12-/m0/s1. The van der Waals surface area contributed by atoms with Crippen molar-refractivity contribution in [3.63, 3.8) is 0 Å². The number of hydrogen-bond acceptors (Lipinski definition) is 2. The summed E-state index contributed by atoms with van der Waals surface area (Å²) in [6, 6.07) is 10.6. The second kappa shape index (κ2) is 7.88. The highest BCUT2D eigenvalue weighted by atomic mass is 16.1. The second-order valence-corrected chi connectivity index (χ2v) is 4.59. The molecule has 1 amide bonds. The molecule has 3 nitrogen and oxygen atoms in total. The molecular weight excluding hydrogens is 224 g/mol. The van der Waals surface area contributed by atoms with Crippen LogP contribution in [-0.2, 0) is 4.79 Å². The third kappa shape index (κ3) is 4.88. The molecule has 1 atom stereocenters. The van der Waals surface area contributed by atoms with Crippen LogP contribution in [0.3, 0.4) is 0 Å². The first kappa shape index (κ1) is 14.7. The largest absolute Gasteiger partial charge is 0.352 e. The topological polar surface area (TPSA) is 41.1 Å². The van der Waals surface area contributed by atoms with Crippen molar-refractivity contribution < 1.29 is 4.79 Å². The van der Waals surface area contributed by atoms with Gasteiger partial charge in [0, 0.05) is 12.1 Å². The molecule has 1 aromatic carbocycles. The maximum Gasteiger partial charge on any atom is 0.234 e. The van der Waals surface area contributed by atoms with Gasteiger partial charge in [0.1, 0.15) is 0 Å². The molecule has 0 heterocycles. The summed E-state index contributed by atoms with van der Waals surface area (Å²) in [5.41, 5.74) is 1.20. The SMILES string of the molecule is CCC(CC)NC(=O)CN[C@@H](C)c1ccccc1. The van der Waals surface area contributed by atoms with Gasteiger partial charge >= 0.3 is 0 Å². The van der Waals surface area contributed by atoms with Gasteiger partial charge in [0.2, 0.25) is 5.91 Å². The molecule has 100 valence electrons. The first-order chi connectivity index (χ1) is 8.67. The summed E-state index contributed by atoms with van der Waals surface area (Å²) in [5.74, 6) is 0.0754. The average Bonchev–Trinajstić information content (AvgIpc) is 2.43. The van der Waals surface area contributed by atoms with Crippen LogP contribution >= 0.6 is 0 Å². The van der Waals surface area contributed by atoms with Gasteiger partial charge in [-0.05, 0) is 25.3 Å². The van der Waals surface area contributed by atoms with Crippen LogP contribution < -0.4 is 10.6 Å². The Bertz CT molecular complexity index is 347. The Morgan fingerprint density at radius 1 is 1.17 bits per heavy atom. The van der Waals surface area contributed by atoms with Crippen LogP contribution in [0, 0.1) is 0 Å². The number of rotatable bonds is 7. The molecule has 3 heteroatoms. The van der Waals surface area contributed by atoms with Crippen LogP contribution in [0.15, 0.2) is 30.3 Å². The predicted molar refractivity (Wildman–Crippen MR) is 75.4 cm³/mol. The lowest BCUT2D eigenvalue weighted by Gasteiger charge is -2.17. The Hall–Kier alpha value is -1.35. The van der Waals surface area contributed by atoms with Crippen molar-refractivity contribution in [2.75, 3.05) is 6.54 Å². The van der Waals surface area contributed by atoms with E-state index in [1.165, 1.54) is 5.56 Å². The third-order valence-electron chi connectivity index (χ3n) is 3.22. The molecule has 0 fully saturated rings. The van der Waals surface area contributed by atoms with Crippen molar-refractivity contribution in [3.8, 4) is 0 Å². The van der Waals surface area contributed by atoms with E-state index >= 15 is 0 Å². The zero-order valence-corrected chi connectivity index (χ0v) is 11.6. The molecule has 0 saturated heterocycles. The lowest BCUT2D eigenvalue weighted by atomic mass is 10.1. The van der Waals surface area contributed by atoms with E-state index in [0.29, 0.717) is 12.6 Å². The highest BCUT2D eigenvalue weighted by Crippen LogP contribution is 2.10. The Balaban J connectivity index is 2.34. The van der Waals surface area contributed by atoms with Crippen molar-refractivity contribution >= 4 is 5.91 Å². The van der Waals surface area contributed by atoms with E-state index in [-0.39, 0.29) is 11.9 Å². The summed E-state index contributed by atoms with van der Waals surface area (Å²) in [4.78, 5) is 11.7. The van der Waals surface area contributed by atoms with Gasteiger partial charge in [0.15, 0.2) is 0 Å². The van der Waals surface area contributed by atoms with Gasteiger partial charge in [-0.3, -0.25) is 4.79 Å². The minimum Gasteiger partial charge on any atom is -0.352 e. The molecule has 0 aromatic heterocycles. The van der Waals surface area contributed by atoms with Crippen LogP contribution in [-0.4, -0.2) is 18.5 Å². The number of amides is 1. The Morgan fingerprint density at radius 2 is 1.78 bits per heavy atom. The van der Waals surface area contributed by atoms with Gasteiger partial charge in [0.05, 0.1) is 6.54 Å². The fraction of sp³-hybridized carbons (Fsp3) is 0.533. The van der Waals surface area contributed by atoms with Gasteiger partial charge < -0.3 is 10.6 Å². The molecule has 0 aliphatic rings. The Kier molecular flexibility index (Phi) is 6.44. The summed E-state index contributed by atoms with van der Waals surface area (Å²) in [7, 11) is 0. The van der Waals surface area contributed by atoms with Crippen molar-refractivity contribution in [3.05, 3.63) is 35.9 Å². The van der Waals surface area contributed by atoms with Crippen molar-refractivity contribution in [1.82, 2.24) is 10.6 Å². The molecule has 0 unspecified atom stereocenters. The van der Waals surface area contributed by atoms with Gasteiger partial charge in [-0.15, -0.1) is 0 Å². The van der Waals surface area contributed by atoms with Gasteiger partial charge in [-0.2, -0.15) is 0 Å².